The quantitative estimate of drug-likeness (QED) is 0.670. The average molecular weight is 365 g/mol. The van der Waals surface area contributed by atoms with Crippen LogP contribution in [0.25, 0.3) is 0 Å². The average Bonchev–Trinajstić information content (AvgIpc) is 2.66. The van der Waals surface area contributed by atoms with Gasteiger partial charge in [0.15, 0.2) is 0 Å². The van der Waals surface area contributed by atoms with Gasteiger partial charge in [-0.1, -0.05) is 54.6 Å². The number of alkyl halides is 2. The Morgan fingerprint density at radius 2 is 1.62 bits per heavy atom. The lowest BCUT2D eigenvalue weighted by molar-refractivity contribution is 0.0136. The van der Waals surface area contributed by atoms with Gasteiger partial charge in [-0.15, -0.1) is 0 Å². The minimum absolute atomic E-state index is 0.0815. The van der Waals surface area contributed by atoms with Crippen LogP contribution in [-0.2, 0) is 11.3 Å². The summed E-state index contributed by atoms with van der Waals surface area (Å²) in [7, 11) is 0. The molecule has 2 aromatic carbocycles. The third kappa shape index (κ3) is 6.09. The van der Waals surface area contributed by atoms with Crippen LogP contribution in [0.3, 0.4) is 0 Å². The maximum absolute atomic E-state index is 12.5. The molecular weight excluding hydrogens is 344 g/mol. The number of carbonyl (C=O) groups excluding carboxylic acids is 1. The number of benzene rings is 2. The summed E-state index contributed by atoms with van der Waals surface area (Å²) in [5, 5.41) is 22.5. The number of carbonyl (C=O) groups is 1. The largest absolute Gasteiger partial charge is 0.445 e. The normalized spacial score (nSPS) is 13.3. The van der Waals surface area contributed by atoms with Crippen molar-refractivity contribution in [3.05, 3.63) is 71.3 Å². The summed E-state index contributed by atoms with van der Waals surface area (Å²) in [4.78, 5) is 11.6. The molecule has 0 heterocycles. The molecule has 0 aromatic heterocycles. The Morgan fingerprint density at radius 3 is 2.23 bits per heavy atom. The van der Waals surface area contributed by atoms with Crippen molar-refractivity contribution < 1.29 is 28.5 Å². The fraction of sp³-hybridized carbons (Fsp3) is 0.316. The standard InChI is InChI=1S/C19H21F2NO4/c20-18(21)15-8-6-14(7-9-15)17(24)16(23)10-11-22-19(25)26-12-13-4-2-1-3-5-13/h1-9,16-18,23-24H,10-12H2,(H,22,25). The molecular formula is C19H21F2NO4. The highest BCUT2D eigenvalue weighted by Gasteiger charge is 2.19. The van der Waals surface area contributed by atoms with Crippen LogP contribution in [0.2, 0.25) is 0 Å². The Morgan fingerprint density at radius 1 is 1.00 bits per heavy atom. The predicted molar refractivity (Wildman–Crippen MR) is 91.6 cm³/mol. The van der Waals surface area contributed by atoms with Crippen LogP contribution in [0.4, 0.5) is 13.6 Å². The maximum atomic E-state index is 12.5. The van der Waals surface area contributed by atoms with Crippen LogP contribution in [0.1, 0.15) is 35.6 Å². The number of halogens is 2. The number of nitrogens with one attached hydrogen (secondary N) is 1. The molecule has 2 aromatic rings. The van der Waals surface area contributed by atoms with Gasteiger partial charge in [0.25, 0.3) is 6.43 Å². The van der Waals surface area contributed by atoms with Crippen molar-refractivity contribution in [1.29, 1.82) is 0 Å². The number of amides is 1. The molecule has 0 saturated heterocycles. The molecule has 3 N–H and O–H groups in total. The number of hydrogen-bond acceptors (Lipinski definition) is 4. The third-order valence-corrected chi connectivity index (χ3v) is 3.82. The molecule has 0 fully saturated rings. The summed E-state index contributed by atoms with van der Waals surface area (Å²) >= 11 is 0. The molecule has 2 rings (SSSR count). The van der Waals surface area contributed by atoms with Gasteiger partial charge in [0.2, 0.25) is 0 Å². The molecule has 2 unspecified atom stereocenters. The number of rotatable bonds is 8. The summed E-state index contributed by atoms with van der Waals surface area (Å²) in [6.45, 7) is 0.231. The first-order chi connectivity index (χ1) is 12.5. The van der Waals surface area contributed by atoms with Gasteiger partial charge in [-0.05, 0) is 17.5 Å². The van der Waals surface area contributed by atoms with E-state index in [1.165, 1.54) is 24.3 Å². The van der Waals surface area contributed by atoms with E-state index in [9.17, 15) is 23.8 Å². The zero-order valence-electron chi connectivity index (χ0n) is 14.0. The Kier molecular flexibility index (Phi) is 7.50. The molecule has 7 heteroatoms. The van der Waals surface area contributed by atoms with Gasteiger partial charge < -0.3 is 20.3 Å². The molecule has 0 aliphatic heterocycles. The fourth-order valence-electron chi connectivity index (χ4n) is 2.31. The first-order valence-electron chi connectivity index (χ1n) is 8.16. The zero-order valence-corrected chi connectivity index (χ0v) is 14.0. The second-order valence-electron chi connectivity index (χ2n) is 5.76. The van der Waals surface area contributed by atoms with Gasteiger partial charge in [-0.25, -0.2) is 13.6 Å². The van der Waals surface area contributed by atoms with E-state index in [0.29, 0.717) is 5.56 Å². The fourth-order valence-corrected chi connectivity index (χ4v) is 2.31. The van der Waals surface area contributed by atoms with Crippen molar-refractivity contribution in [3.8, 4) is 0 Å². The highest BCUT2D eigenvalue weighted by Crippen LogP contribution is 2.23. The number of ether oxygens (including phenoxy) is 1. The van der Waals surface area contributed by atoms with E-state index in [0.717, 1.165) is 5.56 Å². The molecule has 0 aliphatic rings. The van der Waals surface area contributed by atoms with Crippen LogP contribution in [0.5, 0.6) is 0 Å². The Hall–Kier alpha value is -2.51. The zero-order chi connectivity index (χ0) is 18.9. The van der Waals surface area contributed by atoms with E-state index in [4.69, 9.17) is 4.74 Å². The van der Waals surface area contributed by atoms with Gasteiger partial charge in [-0.2, -0.15) is 0 Å². The number of aliphatic hydroxyl groups is 2. The van der Waals surface area contributed by atoms with Gasteiger partial charge >= 0.3 is 6.09 Å². The predicted octanol–water partition coefficient (Wildman–Crippen LogP) is 3.34. The summed E-state index contributed by atoms with van der Waals surface area (Å²) < 4.78 is 30.0. The van der Waals surface area contributed by atoms with E-state index >= 15 is 0 Å². The Labute approximate surface area is 150 Å². The monoisotopic (exact) mass is 365 g/mol. The van der Waals surface area contributed by atoms with Gasteiger partial charge in [-0.3, -0.25) is 0 Å². The van der Waals surface area contributed by atoms with Crippen LogP contribution in [-0.4, -0.2) is 29.0 Å². The summed E-state index contributed by atoms with van der Waals surface area (Å²) in [6, 6.07) is 14.3. The van der Waals surface area contributed by atoms with Gasteiger partial charge in [0.05, 0.1) is 6.10 Å². The molecule has 0 radical (unpaired) electrons. The van der Waals surface area contributed by atoms with Crippen molar-refractivity contribution in [3.63, 3.8) is 0 Å². The first-order valence-corrected chi connectivity index (χ1v) is 8.16. The molecule has 0 saturated carbocycles. The van der Waals surface area contributed by atoms with Crippen LogP contribution >= 0.6 is 0 Å². The van der Waals surface area contributed by atoms with Crippen LogP contribution < -0.4 is 5.32 Å². The number of hydrogen-bond donors (Lipinski definition) is 3. The minimum Gasteiger partial charge on any atom is -0.445 e. The van der Waals surface area contributed by atoms with Gasteiger partial charge in [0.1, 0.15) is 12.7 Å². The summed E-state index contributed by atoms with van der Waals surface area (Å²) in [5.74, 6) is 0. The Bertz CT molecular complexity index is 680. The first kappa shape index (κ1) is 19.8. The lowest BCUT2D eigenvalue weighted by Gasteiger charge is -2.18. The second-order valence-corrected chi connectivity index (χ2v) is 5.76. The van der Waals surface area contributed by atoms with Crippen molar-refractivity contribution >= 4 is 6.09 Å². The Balaban J connectivity index is 1.71. The van der Waals surface area contributed by atoms with Crippen LogP contribution in [0, 0.1) is 0 Å². The van der Waals surface area contributed by atoms with Crippen molar-refractivity contribution in [2.45, 2.75) is 31.7 Å². The molecule has 1 amide bonds. The number of aliphatic hydroxyl groups excluding tert-OH is 2. The smallest absolute Gasteiger partial charge is 0.407 e. The maximum Gasteiger partial charge on any atom is 0.407 e. The topological polar surface area (TPSA) is 78.8 Å². The highest BCUT2D eigenvalue weighted by atomic mass is 19.3. The van der Waals surface area contributed by atoms with E-state index in [-0.39, 0.29) is 25.1 Å². The SMILES string of the molecule is O=C(NCCC(O)C(O)c1ccc(C(F)F)cc1)OCc1ccccc1. The summed E-state index contributed by atoms with van der Waals surface area (Å²) in [5.41, 5.74) is 1.03. The molecule has 2 atom stereocenters. The van der Waals surface area contributed by atoms with E-state index < -0.39 is 24.7 Å². The molecule has 140 valence electrons. The highest BCUT2D eigenvalue weighted by molar-refractivity contribution is 5.67. The minimum atomic E-state index is -2.59. The second kappa shape index (κ2) is 9.84. The van der Waals surface area contributed by atoms with Crippen molar-refractivity contribution in [1.82, 2.24) is 5.32 Å². The van der Waals surface area contributed by atoms with E-state index in [1.54, 1.807) is 0 Å². The van der Waals surface area contributed by atoms with Gasteiger partial charge in [0, 0.05) is 12.1 Å². The van der Waals surface area contributed by atoms with Crippen LogP contribution in [0.15, 0.2) is 54.6 Å². The lowest BCUT2D eigenvalue weighted by atomic mass is 10.0. The molecule has 0 bridgehead atoms. The van der Waals surface area contributed by atoms with Crippen molar-refractivity contribution in [2.24, 2.45) is 0 Å². The third-order valence-electron chi connectivity index (χ3n) is 3.82. The number of alkyl carbamates (subject to hydrolysis) is 1. The molecule has 5 nitrogen and oxygen atoms in total. The molecule has 26 heavy (non-hydrogen) atoms. The van der Waals surface area contributed by atoms with Crippen molar-refractivity contribution in [2.75, 3.05) is 6.54 Å². The molecule has 0 spiro atoms. The van der Waals surface area contributed by atoms with E-state index in [1.807, 2.05) is 30.3 Å². The summed E-state index contributed by atoms with van der Waals surface area (Å²) in [6.07, 6.45) is -5.52. The lowest BCUT2D eigenvalue weighted by Crippen LogP contribution is -2.29. The molecule has 0 aliphatic carbocycles. The van der Waals surface area contributed by atoms with E-state index in [2.05, 4.69) is 5.32 Å².